The Morgan fingerprint density at radius 1 is 0.742 bits per heavy atom. The van der Waals surface area contributed by atoms with E-state index in [0.717, 1.165) is 49.7 Å². The van der Waals surface area contributed by atoms with E-state index in [1.54, 1.807) is 24.3 Å². The number of benzene rings is 2. The monoisotopic (exact) mass is 422 g/mol. The van der Waals surface area contributed by atoms with E-state index < -0.39 is 0 Å². The highest BCUT2D eigenvalue weighted by Gasteiger charge is 2.22. The van der Waals surface area contributed by atoms with Gasteiger partial charge in [0.05, 0.1) is 0 Å². The number of phenols is 2. The normalized spacial score (nSPS) is 19.7. The number of amides is 2. The molecule has 6 nitrogen and oxygen atoms in total. The van der Waals surface area contributed by atoms with Gasteiger partial charge < -0.3 is 20.8 Å². The lowest BCUT2D eigenvalue weighted by Gasteiger charge is -2.26. The number of aromatic hydroxyl groups is 2. The molecule has 0 fully saturated rings. The van der Waals surface area contributed by atoms with Gasteiger partial charge in [0.2, 0.25) is 11.8 Å². The number of nitrogens with one attached hydrogen (secondary N) is 2. The minimum absolute atomic E-state index is 0.00794. The minimum atomic E-state index is -0.00794. The van der Waals surface area contributed by atoms with Crippen LogP contribution in [0.1, 0.15) is 54.4 Å². The molecule has 2 aromatic rings. The molecule has 4 N–H and O–H groups in total. The molecule has 0 radical (unpaired) electrons. The summed E-state index contributed by atoms with van der Waals surface area (Å²) in [5.41, 5.74) is 4.67. The first-order valence-electron chi connectivity index (χ1n) is 11.2. The maximum Gasteiger partial charge on any atom is 0.220 e. The van der Waals surface area contributed by atoms with Gasteiger partial charge in [-0.3, -0.25) is 9.59 Å². The van der Waals surface area contributed by atoms with Crippen LogP contribution in [0.15, 0.2) is 36.4 Å². The predicted molar refractivity (Wildman–Crippen MR) is 118 cm³/mol. The fraction of sp³-hybridized carbons (Fsp3) is 0.440. The molecule has 2 unspecified atom stereocenters. The topological polar surface area (TPSA) is 98.7 Å². The zero-order valence-corrected chi connectivity index (χ0v) is 17.7. The lowest BCUT2D eigenvalue weighted by atomic mass is 9.88. The van der Waals surface area contributed by atoms with Crippen molar-refractivity contribution in [3.8, 4) is 11.5 Å². The summed E-state index contributed by atoms with van der Waals surface area (Å²) in [5.74, 6) is 0.561. The van der Waals surface area contributed by atoms with Gasteiger partial charge in [-0.05, 0) is 91.5 Å². The lowest BCUT2D eigenvalue weighted by Crippen LogP contribution is -2.39. The second kappa shape index (κ2) is 9.41. The van der Waals surface area contributed by atoms with E-state index in [1.165, 1.54) is 11.1 Å². The average molecular weight is 423 g/mol. The Balaban J connectivity index is 1.16. The first-order valence-corrected chi connectivity index (χ1v) is 11.2. The Morgan fingerprint density at radius 3 is 1.65 bits per heavy atom. The molecule has 0 saturated carbocycles. The lowest BCUT2D eigenvalue weighted by molar-refractivity contribution is -0.123. The molecule has 0 heterocycles. The van der Waals surface area contributed by atoms with Crippen LogP contribution in [-0.2, 0) is 35.3 Å². The predicted octanol–water partition coefficient (Wildman–Crippen LogP) is 2.92. The summed E-state index contributed by atoms with van der Waals surface area (Å²) in [6.07, 6.45) is 6.21. The minimum Gasteiger partial charge on any atom is -0.508 e. The highest BCUT2D eigenvalue weighted by molar-refractivity contribution is 5.79. The molecule has 4 rings (SSSR count). The van der Waals surface area contributed by atoms with Crippen LogP contribution in [0.3, 0.4) is 0 Å². The van der Waals surface area contributed by atoms with Gasteiger partial charge >= 0.3 is 0 Å². The first kappa shape index (κ1) is 21.2. The highest BCUT2D eigenvalue weighted by Crippen LogP contribution is 2.26. The molecule has 2 aliphatic carbocycles. The van der Waals surface area contributed by atoms with Crippen LogP contribution in [-0.4, -0.2) is 34.1 Å². The fourth-order valence-corrected chi connectivity index (χ4v) is 4.74. The Labute approximate surface area is 182 Å². The van der Waals surface area contributed by atoms with Crippen molar-refractivity contribution < 1.29 is 19.8 Å². The Hall–Kier alpha value is -3.02. The Kier molecular flexibility index (Phi) is 6.44. The van der Waals surface area contributed by atoms with Gasteiger partial charge in [-0.25, -0.2) is 0 Å². The smallest absolute Gasteiger partial charge is 0.220 e. The number of aryl methyl sites for hydroxylation is 2. The Bertz CT molecular complexity index is 894. The first-order chi connectivity index (χ1) is 15.0. The van der Waals surface area contributed by atoms with Crippen LogP contribution >= 0.6 is 0 Å². The van der Waals surface area contributed by atoms with E-state index in [-0.39, 0.29) is 35.4 Å². The van der Waals surface area contributed by atoms with Crippen molar-refractivity contribution in [1.82, 2.24) is 10.6 Å². The largest absolute Gasteiger partial charge is 0.508 e. The van der Waals surface area contributed by atoms with Gasteiger partial charge in [0, 0.05) is 24.9 Å². The van der Waals surface area contributed by atoms with Crippen molar-refractivity contribution in [1.29, 1.82) is 0 Å². The summed E-state index contributed by atoms with van der Waals surface area (Å²) in [7, 11) is 0. The van der Waals surface area contributed by atoms with Crippen molar-refractivity contribution in [3.05, 3.63) is 58.7 Å². The van der Waals surface area contributed by atoms with E-state index in [2.05, 4.69) is 10.6 Å². The zero-order chi connectivity index (χ0) is 21.8. The maximum absolute atomic E-state index is 12.3. The van der Waals surface area contributed by atoms with E-state index >= 15 is 0 Å². The molecule has 2 aromatic carbocycles. The van der Waals surface area contributed by atoms with Crippen LogP contribution in [0.25, 0.3) is 0 Å². The maximum atomic E-state index is 12.3. The van der Waals surface area contributed by atoms with Gasteiger partial charge in [0.15, 0.2) is 0 Å². The van der Waals surface area contributed by atoms with Crippen molar-refractivity contribution in [2.75, 3.05) is 0 Å². The summed E-state index contributed by atoms with van der Waals surface area (Å²) < 4.78 is 0. The standard InChI is InChI=1S/C25H30N2O4/c28-22-10-6-16-12-20(8-4-18(16)14-22)26-24(30)2-1-3-25(31)27-21-9-5-19-15-23(29)11-7-17(19)13-21/h6-7,10-11,14-15,20-21,28-29H,1-5,8-9,12-13H2,(H,26,30)(H,27,31). The van der Waals surface area contributed by atoms with Crippen molar-refractivity contribution in [2.45, 2.75) is 69.9 Å². The molecule has 164 valence electrons. The molecule has 0 spiro atoms. The van der Waals surface area contributed by atoms with Crippen molar-refractivity contribution >= 4 is 11.8 Å². The molecule has 2 atom stereocenters. The SMILES string of the molecule is O=C(CCCC(=O)NC1CCc2cc(O)ccc2C1)NC1CCc2cc(O)ccc2C1. The van der Waals surface area contributed by atoms with Gasteiger partial charge in [-0.2, -0.15) is 0 Å². The molecule has 0 aromatic heterocycles. The van der Waals surface area contributed by atoms with Crippen LogP contribution in [0, 0.1) is 0 Å². The third kappa shape index (κ3) is 5.57. The van der Waals surface area contributed by atoms with Crippen LogP contribution < -0.4 is 10.6 Å². The van der Waals surface area contributed by atoms with E-state index in [4.69, 9.17) is 0 Å². The Morgan fingerprint density at radius 2 is 1.19 bits per heavy atom. The molecule has 2 aliphatic rings. The average Bonchev–Trinajstić information content (AvgIpc) is 2.74. The highest BCUT2D eigenvalue weighted by atomic mass is 16.3. The van der Waals surface area contributed by atoms with Gasteiger partial charge in [0.25, 0.3) is 0 Å². The summed E-state index contributed by atoms with van der Waals surface area (Å²) in [6, 6.07) is 11.1. The third-order valence-electron chi connectivity index (χ3n) is 6.37. The van der Waals surface area contributed by atoms with Crippen molar-refractivity contribution in [3.63, 3.8) is 0 Å². The van der Waals surface area contributed by atoms with Crippen LogP contribution in [0.4, 0.5) is 0 Å². The number of fused-ring (bicyclic) bond motifs is 2. The number of rotatable bonds is 6. The second-order valence-electron chi connectivity index (χ2n) is 8.77. The third-order valence-corrected chi connectivity index (χ3v) is 6.37. The molecule has 0 saturated heterocycles. The van der Waals surface area contributed by atoms with Crippen molar-refractivity contribution in [2.24, 2.45) is 0 Å². The summed E-state index contributed by atoms with van der Waals surface area (Å²) in [4.78, 5) is 24.6. The number of hydrogen-bond acceptors (Lipinski definition) is 4. The molecular weight excluding hydrogens is 392 g/mol. The molecule has 0 bridgehead atoms. The number of carbonyl (C=O) groups excluding carboxylic acids is 2. The van der Waals surface area contributed by atoms with Gasteiger partial charge in [-0.1, -0.05) is 12.1 Å². The van der Waals surface area contributed by atoms with Gasteiger partial charge in [0.1, 0.15) is 11.5 Å². The van der Waals surface area contributed by atoms with Gasteiger partial charge in [-0.15, -0.1) is 0 Å². The molecule has 6 heteroatoms. The number of hydrogen-bond donors (Lipinski definition) is 4. The zero-order valence-electron chi connectivity index (χ0n) is 17.7. The second-order valence-corrected chi connectivity index (χ2v) is 8.77. The van der Waals surface area contributed by atoms with Crippen LogP contribution in [0.2, 0.25) is 0 Å². The molecule has 2 amide bonds. The van der Waals surface area contributed by atoms with Crippen LogP contribution in [0.5, 0.6) is 11.5 Å². The summed E-state index contributed by atoms with van der Waals surface area (Å²) in [5, 5.41) is 25.4. The molecule has 31 heavy (non-hydrogen) atoms. The van der Waals surface area contributed by atoms with E-state index in [0.29, 0.717) is 19.3 Å². The summed E-state index contributed by atoms with van der Waals surface area (Å²) in [6.45, 7) is 0. The van der Waals surface area contributed by atoms with E-state index in [9.17, 15) is 19.8 Å². The molecular formula is C25H30N2O4. The quantitative estimate of drug-likeness (QED) is 0.575. The summed E-state index contributed by atoms with van der Waals surface area (Å²) >= 11 is 0. The fourth-order valence-electron chi connectivity index (χ4n) is 4.74. The number of carbonyl (C=O) groups is 2. The van der Waals surface area contributed by atoms with E-state index in [1.807, 2.05) is 12.1 Å². The molecule has 0 aliphatic heterocycles. The number of phenolic OH excluding ortho intramolecular Hbond substituents is 2.